The summed E-state index contributed by atoms with van der Waals surface area (Å²) < 4.78 is 1.48. The number of hydrogen-bond acceptors (Lipinski definition) is 3. The fraction of sp³-hybridized carbons (Fsp3) is 0.538. The number of nitrogens with one attached hydrogen (secondary N) is 1. The van der Waals surface area contributed by atoms with Crippen molar-refractivity contribution in [1.29, 1.82) is 0 Å². The van der Waals surface area contributed by atoms with Gasteiger partial charge in [0.25, 0.3) is 0 Å². The second kappa shape index (κ2) is 5.27. The zero-order valence-corrected chi connectivity index (χ0v) is 11.3. The molecular weight excluding hydrogens is 234 g/mol. The van der Waals surface area contributed by atoms with Crippen LogP contribution in [0.25, 0.3) is 0 Å². The molecule has 0 saturated carbocycles. The minimum absolute atomic E-state index is 0.401. The molecule has 86 valence electrons. The summed E-state index contributed by atoms with van der Waals surface area (Å²) in [6, 6.07) is 3.14. The van der Waals surface area contributed by atoms with E-state index in [4.69, 9.17) is 6.42 Å². The van der Waals surface area contributed by atoms with Crippen molar-refractivity contribution in [3.05, 3.63) is 17.0 Å². The van der Waals surface area contributed by atoms with E-state index in [0.29, 0.717) is 17.3 Å². The van der Waals surface area contributed by atoms with Crippen molar-refractivity contribution in [2.24, 2.45) is 0 Å². The van der Waals surface area contributed by atoms with Gasteiger partial charge in [0.15, 0.2) is 0 Å². The third-order valence-electron chi connectivity index (χ3n) is 2.82. The molecule has 1 N–H and O–H groups in total. The molecule has 2 unspecified atom stereocenters. The Hall–Kier alpha value is -0.430. The predicted octanol–water partition coefficient (Wildman–Crippen LogP) is 3.67. The molecular formula is C13H17NS2. The Kier molecular flexibility index (Phi) is 3.96. The minimum Gasteiger partial charge on any atom is -0.306 e. The molecule has 0 spiro atoms. The van der Waals surface area contributed by atoms with Crippen LogP contribution in [0.5, 0.6) is 0 Å². The standard InChI is InChI=1S/C13H17NS2/c1-4-5-9(2)14-12-8-10(3)16-13-11(12)6-7-15-13/h1,6-7,9-10,12,14H,5,8H2,2-3H3/t9?,10-,12?/m0/s1. The van der Waals surface area contributed by atoms with Gasteiger partial charge in [0.1, 0.15) is 0 Å². The summed E-state index contributed by atoms with van der Waals surface area (Å²) in [6.45, 7) is 4.46. The van der Waals surface area contributed by atoms with Crippen LogP contribution in [0.15, 0.2) is 15.7 Å². The fourth-order valence-electron chi connectivity index (χ4n) is 2.09. The number of rotatable bonds is 3. The summed E-state index contributed by atoms with van der Waals surface area (Å²) in [5.41, 5.74) is 1.47. The van der Waals surface area contributed by atoms with E-state index in [9.17, 15) is 0 Å². The lowest BCUT2D eigenvalue weighted by Crippen LogP contribution is -2.33. The molecule has 0 radical (unpaired) electrons. The predicted molar refractivity (Wildman–Crippen MR) is 73.0 cm³/mol. The van der Waals surface area contributed by atoms with Crippen molar-refractivity contribution in [1.82, 2.24) is 5.32 Å². The van der Waals surface area contributed by atoms with Crippen LogP contribution in [0.3, 0.4) is 0 Å². The average Bonchev–Trinajstić information content (AvgIpc) is 2.65. The molecule has 0 bridgehead atoms. The summed E-state index contributed by atoms with van der Waals surface area (Å²) >= 11 is 3.86. The lowest BCUT2D eigenvalue weighted by Gasteiger charge is -2.29. The fourth-order valence-corrected chi connectivity index (χ4v) is 4.65. The normalized spacial score (nSPS) is 25.8. The summed E-state index contributed by atoms with van der Waals surface area (Å²) in [4.78, 5) is 0. The Bertz CT molecular complexity index is 391. The van der Waals surface area contributed by atoms with Gasteiger partial charge in [0.05, 0.1) is 4.21 Å². The van der Waals surface area contributed by atoms with Crippen LogP contribution < -0.4 is 5.32 Å². The Morgan fingerprint density at radius 2 is 2.50 bits per heavy atom. The molecule has 0 fully saturated rings. The van der Waals surface area contributed by atoms with Crippen molar-refractivity contribution >= 4 is 23.1 Å². The molecule has 2 rings (SSSR count). The van der Waals surface area contributed by atoms with Crippen LogP contribution in [-0.4, -0.2) is 11.3 Å². The highest BCUT2D eigenvalue weighted by atomic mass is 32.2. The van der Waals surface area contributed by atoms with Crippen molar-refractivity contribution in [3.63, 3.8) is 0 Å². The number of thiophene rings is 1. The maximum absolute atomic E-state index is 5.34. The lowest BCUT2D eigenvalue weighted by atomic mass is 10.0. The molecule has 1 aromatic rings. The summed E-state index contributed by atoms with van der Waals surface area (Å²) in [7, 11) is 0. The highest BCUT2D eigenvalue weighted by Gasteiger charge is 2.26. The first-order valence-corrected chi connectivity index (χ1v) is 7.40. The second-order valence-corrected chi connectivity index (χ2v) is 6.98. The maximum atomic E-state index is 5.34. The van der Waals surface area contributed by atoms with Crippen LogP contribution >= 0.6 is 23.1 Å². The van der Waals surface area contributed by atoms with Gasteiger partial charge in [-0.2, -0.15) is 0 Å². The van der Waals surface area contributed by atoms with E-state index < -0.39 is 0 Å². The van der Waals surface area contributed by atoms with Crippen molar-refractivity contribution in [2.75, 3.05) is 0 Å². The smallest absolute Gasteiger partial charge is 0.0649 e. The van der Waals surface area contributed by atoms with E-state index in [2.05, 4.69) is 36.5 Å². The van der Waals surface area contributed by atoms with Gasteiger partial charge >= 0.3 is 0 Å². The van der Waals surface area contributed by atoms with Gasteiger partial charge in [-0.1, -0.05) is 6.92 Å². The maximum Gasteiger partial charge on any atom is 0.0649 e. The van der Waals surface area contributed by atoms with Gasteiger partial charge in [-0.15, -0.1) is 35.4 Å². The quantitative estimate of drug-likeness (QED) is 0.823. The number of hydrogen-bond donors (Lipinski definition) is 1. The third kappa shape index (κ3) is 2.63. The number of fused-ring (bicyclic) bond motifs is 1. The molecule has 1 nitrogen and oxygen atoms in total. The van der Waals surface area contributed by atoms with Crippen LogP contribution in [-0.2, 0) is 0 Å². The Morgan fingerprint density at radius 1 is 1.69 bits per heavy atom. The van der Waals surface area contributed by atoms with E-state index >= 15 is 0 Å². The molecule has 1 aromatic heterocycles. The van der Waals surface area contributed by atoms with Gasteiger partial charge in [0, 0.05) is 23.8 Å². The molecule has 0 aliphatic carbocycles. The first kappa shape index (κ1) is 12.0. The van der Waals surface area contributed by atoms with Crippen LogP contribution in [0.4, 0.5) is 0 Å². The van der Waals surface area contributed by atoms with Gasteiger partial charge in [0.2, 0.25) is 0 Å². The molecule has 0 amide bonds. The lowest BCUT2D eigenvalue weighted by molar-refractivity contribution is 0.431. The van der Waals surface area contributed by atoms with Crippen LogP contribution in [0.1, 0.15) is 38.3 Å². The van der Waals surface area contributed by atoms with E-state index in [1.807, 2.05) is 23.1 Å². The summed E-state index contributed by atoms with van der Waals surface area (Å²) in [5.74, 6) is 2.72. The van der Waals surface area contributed by atoms with Gasteiger partial charge in [-0.25, -0.2) is 0 Å². The monoisotopic (exact) mass is 251 g/mol. The minimum atomic E-state index is 0.401. The summed E-state index contributed by atoms with van der Waals surface area (Å²) in [6.07, 6.45) is 7.35. The highest BCUT2D eigenvalue weighted by Crippen LogP contribution is 2.43. The van der Waals surface area contributed by atoms with Gasteiger partial charge < -0.3 is 5.32 Å². The average molecular weight is 251 g/mol. The summed E-state index contributed by atoms with van der Waals surface area (Å²) in [5, 5.41) is 6.53. The molecule has 1 aliphatic heterocycles. The largest absolute Gasteiger partial charge is 0.306 e. The molecule has 0 saturated heterocycles. The van der Waals surface area contributed by atoms with Crippen molar-refractivity contribution in [2.45, 2.75) is 48.2 Å². The third-order valence-corrected chi connectivity index (χ3v) is 5.16. The Morgan fingerprint density at radius 3 is 3.25 bits per heavy atom. The molecule has 1 aliphatic rings. The molecule has 3 heteroatoms. The zero-order chi connectivity index (χ0) is 11.5. The molecule has 0 aromatic carbocycles. The highest BCUT2D eigenvalue weighted by molar-refractivity contribution is 8.01. The van der Waals surface area contributed by atoms with E-state index in [1.165, 1.54) is 16.2 Å². The first-order chi connectivity index (χ1) is 7.70. The zero-order valence-electron chi connectivity index (χ0n) is 9.69. The van der Waals surface area contributed by atoms with E-state index in [-0.39, 0.29) is 0 Å². The molecule has 3 atom stereocenters. The Labute approximate surface area is 106 Å². The van der Waals surface area contributed by atoms with E-state index in [0.717, 1.165) is 6.42 Å². The van der Waals surface area contributed by atoms with Crippen molar-refractivity contribution < 1.29 is 0 Å². The van der Waals surface area contributed by atoms with E-state index in [1.54, 1.807) is 0 Å². The molecule has 2 heterocycles. The Balaban J connectivity index is 2.09. The first-order valence-electron chi connectivity index (χ1n) is 5.64. The molecule has 16 heavy (non-hydrogen) atoms. The topological polar surface area (TPSA) is 12.0 Å². The number of terminal acetylenes is 1. The second-order valence-electron chi connectivity index (χ2n) is 4.36. The SMILES string of the molecule is C#CCC(C)NC1C[C@H](C)Sc2sccc21. The van der Waals surface area contributed by atoms with Crippen molar-refractivity contribution in [3.8, 4) is 12.3 Å². The van der Waals surface area contributed by atoms with Crippen LogP contribution in [0.2, 0.25) is 0 Å². The number of thioether (sulfide) groups is 1. The van der Waals surface area contributed by atoms with Gasteiger partial charge in [-0.05, 0) is 30.4 Å². The van der Waals surface area contributed by atoms with Gasteiger partial charge in [-0.3, -0.25) is 0 Å². The van der Waals surface area contributed by atoms with Crippen LogP contribution in [0, 0.1) is 12.3 Å².